The van der Waals surface area contributed by atoms with Gasteiger partial charge in [0.05, 0.1) is 0 Å². The van der Waals surface area contributed by atoms with Gasteiger partial charge in [-0.25, -0.2) is 0 Å². The Hall–Kier alpha value is -1.67. The number of aryl methyl sites for hydroxylation is 4. The topological polar surface area (TPSA) is 24.9 Å². The van der Waals surface area contributed by atoms with E-state index in [4.69, 9.17) is 0 Å². The van der Waals surface area contributed by atoms with Gasteiger partial charge in [0.1, 0.15) is 0 Å². The van der Waals surface area contributed by atoms with Crippen molar-refractivity contribution in [2.45, 2.75) is 40.2 Å². The average Bonchev–Trinajstić information content (AvgIpc) is 2.39. The summed E-state index contributed by atoms with van der Waals surface area (Å²) in [7, 11) is 2.02. The van der Waals surface area contributed by atoms with E-state index in [0.717, 1.165) is 12.1 Å². The molecule has 2 rings (SSSR count). The number of nitrogens with zero attached hydrogens (tertiary/aromatic N) is 1. The molecule has 1 unspecified atom stereocenters. The van der Waals surface area contributed by atoms with Crippen LogP contribution in [0, 0.1) is 27.7 Å². The van der Waals surface area contributed by atoms with Crippen LogP contribution < -0.4 is 5.32 Å². The van der Waals surface area contributed by atoms with Gasteiger partial charge in [0.15, 0.2) is 0 Å². The monoisotopic (exact) mass is 268 g/mol. The van der Waals surface area contributed by atoms with Gasteiger partial charge in [0.25, 0.3) is 0 Å². The second-order valence-electron chi connectivity index (χ2n) is 5.66. The molecule has 106 valence electrons. The van der Waals surface area contributed by atoms with Gasteiger partial charge in [-0.3, -0.25) is 4.98 Å². The van der Waals surface area contributed by atoms with Crippen LogP contribution in [0.4, 0.5) is 0 Å². The molecule has 2 nitrogen and oxygen atoms in total. The van der Waals surface area contributed by atoms with E-state index in [2.05, 4.69) is 55.3 Å². The van der Waals surface area contributed by atoms with E-state index in [-0.39, 0.29) is 0 Å². The minimum atomic E-state index is 0.309. The van der Waals surface area contributed by atoms with Crippen LogP contribution in [0.1, 0.15) is 39.6 Å². The Morgan fingerprint density at radius 2 is 1.70 bits per heavy atom. The van der Waals surface area contributed by atoms with Crippen molar-refractivity contribution in [1.82, 2.24) is 10.3 Å². The lowest BCUT2D eigenvalue weighted by atomic mass is 9.92. The van der Waals surface area contributed by atoms with Crippen LogP contribution in [0.5, 0.6) is 0 Å². The maximum absolute atomic E-state index is 4.41. The largest absolute Gasteiger partial charge is 0.313 e. The first-order valence-corrected chi connectivity index (χ1v) is 7.18. The van der Waals surface area contributed by atoms with Crippen LogP contribution >= 0.6 is 0 Å². The molecule has 0 aliphatic rings. The van der Waals surface area contributed by atoms with Gasteiger partial charge in [-0.15, -0.1) is 0 Å². The highest BCUT2D eigenvalue weighted by atomic mass is 14.9. The Labute approximate surface area is 122 Å². The minimum Gasteiger partial charge on any atom is -0.313 e. The third kappa shape index (κ3) is 3.26. The SMILES string of the molecule is CNC(Cc1c(C)cc(C)cc1C)c1ccc(C)nc1. The van der Waals surface area contributed by atoms with E-state index in [0.29, 0.717) is 6.04 Å². The highest BCUT2D eigenvalue weighted by Gasteiger charge is 2.13. The predicted octanol–water partition coefficient (Wildman–Crippen LogP) is 3.82. The van der Waals surface area contributed by atoms with Crippen LogP contribution in [0.2, 0.25) is 0 Å². The third-order valence-electron chi connectivity index (χ3n) is 3.93. The molecule has 0 radical (unpaired) electrons. The zero-order valence-corrected chi connectivity index (χ0v) is 13.1. The molecule has 1 heterocycles. The molecule has 0 saturated heterocycles. The number of likely N-dealkylation sites (N-methyl/N-ethyl adjacent to an activating group) is 1. The summed E-state index contributed by atoms with van der Waals surface area (Å²) < 4.78 is 0. The van der Waals surface area contributed by atoms with Crippen molar-refractivity contribution in [1.29, 1.82) is 0 Å². The molecule has 0 bridgehead atoms. The van der Waals surface area contributed by atoms with E-state index in [1.54, 1.807) is 0 Å². The lowest BCUT2D eigenvalue weighted by Gasteiger charge is -2.20. The normalized spacial score (nSPS) is 12.4. The van der Waals surface area contributed by atoms with Crippen molar-refractivity contribution in [2.24, 2.45) is 0 Å². The minimum absolute atomic E-state index is 0.309. The molecule has 0 aliphatic carbocycles. The lowest BCUT2D eigenvalue weighted by molar-refractivity contribution is 0.586. The molecule has 1 N–H and O–H groups in total. The molecule has 20 heavy (non-hydrogen) atoms. The standard InChI is InChI=1S/C18H24N2/c1-12-8-13(2)17(14(3)9-12)10-18(19-5)16-7-6-15(4)20-11-16/h6-9,11,18-19H,10H2,1-5H3. The van der Waals surface area contributed by atoms with Gasteiger partial charge in [0, 0.05) is 17.9 Å². The quantitative estimate of drug-likeness (QED) is 0.912. The molecule has 1 aromatic heterocycles. The van der Waals surface area contributed by atoms with E-state index in [1.807, 2.05) is 20.2 Å². The smallest absolute Gasteiger partial charge is 0.0373 e. The van der Waals surface area contributed by atoms with Crippen molar-refractivity contribution in [3.05, 3.63) is 64.0 Å². The Bertz CT molecular complexity index is 562. The molecule has 2 heteroatoms. The Balaban J connectivity index is 2.29. The highest BCUT2D eigenvalue weighted by Crippen LogP contribution is 2.23. The van der Waals surface area contributed by atoms with Gasteiger partial charge >= 0.3 is 0 Å². The summed E-state index contributed by atoms with van der Waals surface area (Å²) in [5, 5.41) is 3.42. The zero-order valence-electron chi connectivity index (χ0n) is 13.1. The summed E-state index contributed by atoms with van der Waals surface area (Å²) in [5.41, 5.74) is 7.84. The number of aromatic nitrogens is 1. The van der Waals surface area contributed by atoms with Crippen LogP contribution in [-0.2, 0) is 6.42 Å². The first-order chi connectivity index (χ1) is 9.51. The number of hydrogen-bond acceptors (Lipinski definition) is 2. The summed E-state index contributed by atoms with van der Waals surface area (Å²) in [6, 6.07) is 9.09. The number of nitrogens with one attached hydrogen (secondary N) is 1. The highest BCUT2D eigenvalue weighted by molar-refractivity contribution is 5.38. The Kier molecular flexibility index (Phi) is 4.56. The van der Waals surface area contributed by atoms with E-state index >= 15 is 0 Å². The number of rotatable bonds is 4. The fourth-order valence-electron chi connectivity index (χ4n) is 2.81. The third-order valence-corrected chi connectivity index (χ3v) is 3.93. The molecular formula is C18H24N2. The summed E-state index contributed by atoms with van der Waals surface area (Å²) >= 11 is 0. The van der Waals surface area contributed by atoms with Crippen molar-refractivity contribution >= 4 is 0 Å². The van der Waals surface area contributed by atoms with E-state index in [1.165, 1.54) is 27.8 Å². The van der Waals surface area contributed by atoms with Crippen molar-refractivity contribution in [2.75, 3.05) is 7.05 Å². The second kappa shape index (κ2) is 6.19. The van der Waals surface area contributed by atoms with Crippen LogP contribution in [0.3, 0.4) is 0 Å². The molecule has 0 saturated carbocycles. The maximum Gasteiger partial charge on any atom is 0.0373 e. The van der Waals surface area contributed by atoms with Crippen LogP contribution in [0.25, 0.3) is 0 Å². The van der Waals surface area contributed by atoms with E-state index < -0.39 is 0 Å². The molecule has 0 fully saturated rings. The van der Waals surface area contributed by atoms with Gasteiger partial charge < -0.3 is 5.32 Å². The van der Waals surface area contributed by atoms with E-state index in [9.17, 15) is 0 Å². The number of pyridine rings is 1. The fraction of sp³-hybridized carbons (Fsp3) is 0.389. The van der Waals surface area contributed by atoms with Crippen LogP contribution in [-0.4, -0.2) is 12.0 Å². The first-order valence-electron chi connectivity index (χ1n) is 7.18. The zero-order chi connectivity index (χ0) is 14.7. The maximum atomic E-state index is 4.41. The molecule has 1 atom stereocenters. The Morgan fingerprint density at radius 3 is 2.20 bits per heavy atom. The summed E-state index contributed by atoms with van der Waals surface area (Å²) in [6.45, 7) is 8.58. The number of benzene rings is 1. The molecule has 0 amide bonds. The van der Waals surface area contributed by atoms with Gasteiger partial charge in [-0.2, -0.15) is 0 Å². The van der Waals surface area contributed by atoms with Gasteiger partial charge in [0.2, 0.25) is 0 Å². The first kappa shape index (κ1) is 14.7. The van der Waals surface area contributed by atoms with Crippen molar-refractivity contribution in [3.8, 4) is 0 Å². The molecule has 0 aliphatic heterocycles. The Morgan fingerprint density at radius 1 is 1.05 bits per heavy atom. The predicted molar refractivity (Wildman–Crippen MR) is 85.1 cm³/mol. The van der Waals surface area contributed by atoms with Gasteiger partial charge in [-0.05, 0) is 69.5 Å². The molecule has 0 spiro atoms. The summed E-state index contributed by atoms with van der Waals surface area (Å²) in [4.78, 5) is 4.41. The second-order valence-corrected chi connectivity index (χ2v) is 5.66. The average molecular weight is 268 g/mol. The lowest BCUT2D eigenvalue weighted by Crippen LogP contribution is -2.20. The van der Waals surface area contributed by atoms with Crippen molar-refractivity contribution in [3.63, 3.8) is 0 Å². The molecule has 2 aromatic rings. The van der Waals surface area contributed by atoms with Crippen molar-refractivity contribution < 1.29 is 0 Å². The fourth-order valence-corrected chi connectivity index (χ4v) is 2.81. The van der Waals surface area contributed by atoms with Crippen LogP contribution in [0.15, 0.2) is 30.5 Å². The number of hydrogen-bond donors (Lipinski definition) is 1. The van der Waals surface area contributed by atoms with Gasteiger partial charge in [-0.1, -0.05) is 23.8 Å². The molecule has 1 aromatic carbocycles. The summed E-state index contributed by atoms with van der Waals surface area (Å²) in [5.74, 6) is 0. The summed E-state index contributed by atoms with van der Waals surface area (Å²) in [6.07, 6.45) is 2.98. The molecular weight excluding hydrogens is 244 g/mol.